The zero-order valence-electron chi connectivity index (χ0n) is 11.5. The molecule has 1 rings (SSSR count). The van der Waals surface area contributed by atoms with Crippen molar-refractivity contribution >= 4 is 18.3 Å². The number of alkyl halides is 3. The summed E-state index contributed by atoms with van der Waals surface area (Å²) in [5.74, 6) is 0.00487. The van der Waals surface area contributed by atoms with Crippen LogP contribution in [0.1, 0.15) is 12.0 Å². The minimum atomic E-state index is -4.36. The monoisotopic (exact) mass is 326 g/mol. The Kier molecular flexibility index (Phi) is 8.80. The van der Waals surface area contributed by atoms with Gasteiger partial charge in [-0.15, -0.1) is 12.4 Å². The maximum absolute atomic E-state index is 12.0. The average Bonchev–Trinajstić information content (AvgIpc) is 2.40. The van der Waals surface area contributed by atoms with Gasteiger partial charge in [-0.2, -0.15) is 13.2 Å². The van der Waals surface area contributed by atoms with Gasteiger partial charge in [0, 0.05) is 19.5 Å². The lowest BCUT2D eigenvalue weighted by Crippen LogP contribution is -2.26. The standard InChI is InChI=1S/C13H17F3N2O2.ClH/c1-17-6-5-12(19)18-8-10-3-2-4-11(7-10)20-9-13(14,15)16;/h2-4,7,17H,5-6,8-9H2,1H3,(H,18,19);1H. The molecular formula is C13H18ClF3N2O2. The van der Waals surface area contributed by atoms with Crippen molar-refractivity contribution in [3.63, 3.8) is 0 Å². The van der Waals surface area contributed by atoms with Crippen LogP contribution in [0.5, 0.6) is 5.75 Å². The van der Waals surface area contributed by atoms with Gasteiger partial charge in [-0.05, 0) is 24.7 Å². The predicted octanol–water partition coefficient (Wildman–Crippen LogP) is 2.28. The van der Waals surface area contributed by atoms with Crippen LogP contribution in [-0.4, -0.2) is 32.3 Å². The van der Waals surface area contributed by atoms with Gasteiger partial charge in [-0.3, -0.25) is 4.79 Å². The lowest BCUT2D eigenvalue weighted by Gasteiger charge is -2.10. The molecule has 0 aliphatic rings. The van der Waals surface area contributed by atoms with Crippen LogP contribution in [-0.2, 0) is 11.3 Å². The predicted molar refractivity (Wildman–Crippen MR) is 75.6 cm³/mol. The van der Waals surface area contributed by atoms with Crippen LogP contribution >= 0.6 is 12.4 Å². The fourth-order valence-electron chi connectivity index (χ4n) is 1.44. The summed E-state index contributed by atoms with van der Waals surface area (Å²) in [5.41, 5.74) is 0.683. The summed E-state index contributed by atoms with van der Waals surface area (Å²) >= 11 is 0. The van der Waals surface area contributed by atoms with E-state index in [0.29, 0.717) is 18.5 Å². The summed E-state index contributed by atoms with van der Waals surface area (Å²) in [6.45, 7) is -0.503. The van der Waals surface area contributed by atoms with Crippen molar-refractivity contribution < 1.29 is 22.7 Å². The molecule has 0 aromatic heterocycles. The molecule has 1 aromatic rings. The van der Waals surface area contributed by atoms with E-state index in [1.54, 1.807) is 19.2 Å². The summed E-state index contributed by atoms with van der Waals surface area (Å²) in [6, 6.07) is 6.21. The minimum absolute atomic E-state index is 0. The summed E-state index contributed by atoms with van der Waals surface area (Å²) in [7, 11) is 1.74. The van der Waals surface area contributed by atoms with Crippen molar-refractivity contribution in [1.82, 2.24) is 10.6 Å². The molecule has 0 bridgehead atoms. The van der Waals surface area contributed by atoms with Gasteiger partial charge in [-0.25, -0.2) is 0 Å². The second kappa shape index (κ2) is 9.46. The van der Waals surface area contributed by atoms with Crippen LogP contribution in [0.3, 0.4) is 0 Å². The van der Waals surface area contributed by atoms with Crippen LogP contribution < -0.4 is 15.4 Å². The molecule has 0 heterocycles. The highest BCUT2D eigenvalue weighted by atomic mass is 35.5. The number of hydrogen-bond acceptors (Lipinski definition) is 3. The SMILES string of the molecule is CNCCC(=O)NCc1cccc(OCC(F)(F)F)c1.Cl. The summed E-state index contributed by atoms with van der Waals surface area (Å²) < 4.78 is 40.7. The number of amides is 1. The van der Waals surface area contributed by atoms with Crippen LogP contribution in [0, 0.1) is 0 Å². The molecule has 21 heavy (non-hydrogen) atoms. The highest BCUT2D eigenvalue weighted by Gasteiger charge is 2.28. The van der Waals surface area contributed by atoms with Gasteiger partial charge in [0.15, 0.2) is 6.61 Å². The lowest BCUT2D eigenvalue weighted by molar-refractivity contribution is -0.153. The van der Waals surface area contributed by atoms with E-state index in [2.05, 4.69) is 15.4 Å². The Morgan fingerprint density at radius 2 is 2.05 bits per heavy atom. The molecule has 0 aliphatic carbocycles. The molecule has 4 nitrogen and oxygen atoms in total. The van der Waals surface area contributed by atoms with Gasteiger partial charge in [0.2, 0.25) is 5.91 Å². The molecular weight excluding hydrogens is 309 g/mol. The molecule has 0 unspecified atom stereocenters. The Morgan fingerprint density at radius 3 is 2.67 bits per heavy atom. The number of ether oxygens (including phenoxy) is 1. The first-order valence-electron chi connectivity index (χ1n) is 6.10. The quantitative estimate of drug-likeness (QED) is 0.808. The summed E-state index contributed by atoms with van der Waals surface area (Å²) in [5, 5.41) is 5.53. The number of halogens is 4. The average molecular weight is 327 g/mol. The third kappa shape index (κ3) is 9.14. The van der Waals surface area contributed by atoms with Gasteiger partial charge >= 0.3 is 6.18 Å². The van der Waals surface area contributed by atoms with Gasteiger partial charge in [0.05, 0.1) is 0 Å². The van der Waals surface area contributed by atoms with E-state index >= 15 is 0 Å². The third-order valence-electron chi connectivity index (χ3n) is 2.39. The van der Waals surface area contributed by atoms with E-state index in [-0.39, 0.29) is 30.6 Å². The number of carbonyl (C=O) groups excluding carboxylic acids is 1. The van der Waals surface area contributed by atoms with E-state index in [9.17, 15) is 18.0 Å². The van der Waals surface area contributed by atoms with Gasteiger partial charge in [0.1, 0.15) is 5.75 Å². The Balaban J connectivity index is 0.00000400. The fraction of sp³-hybridized carbons (Fsp3) is 0.462. The van der Waals surface area contributed by atoms with E-state index in [4.69, 9.17) is 0 Å². The Labute approximate surface area is 127 Å². The Bertz CT molecular complexity index is 442. The largest absolute Gasteiger partial charge is 0.484 e. The van der Waals surface area contributed by atoms with E-state index in [0.717, 1.165) is 0 Å². The molecule has 120 valence electrons. The first kappa shape index (κ1) is 19.5. The van der Waals surface area contributed by atoms with Crippen molar-refractivity contribution in [2.24, 2.45) is 0 Å². The van der Waals surface area contributed by atoms with Gasteiger partial charge in [-0.1, -0.05) is 12.1 Å². The molecule has 0 spiro atoms. The fourth-order valence-corrected chi connectivity index (χ4v) is 1.44. The second-order valence-electron chi connectivity index (χ2n) is 4.18. The maximum atomic E-state index is 12.0. The number of benzene rings is 1. The second-order valence-corrected chi connectivity index (χ2v) is 4.18. The maximum Gasteiger partial charge on any atom is 0.422 e. The van der Waals surface area contributed by atoms with Crippen LogP contribution in [0.15, 0.2) is 24.3 Å². The van der Waals surface area contributed by atoms with Gasteiger partial charge in [0.25, 0.3) is 0 Å². The molecule has 0 fully saturated rings. The summed E-state index contributed by atoms with van der Waals surface area (Å²) in [6.07, 6.45) is -4.02. The number of rotatable bonds is 7. The first-order chi connectivity index (χ1) is 9.40. The smallest absolute Gasteiger partial charge is 0.422 e. The van der Waals surface area contributed by atoms with Crippen molar-refractivity contribution in [3.05, 3.63) is 29.8 Å². The summed E-state index contributed by atoms with van der Waals surface area (Å²) in [4.78, 5) is 11.4. The molecule has 2 N–H and O–H groups in total. The molecule has 0 aliphatic heterocycles. The molecule has 1 amide bonds. The van der Waals surface area contributed by atoms with E-state index < -0.39 is 12.8 Å². The highest BCUT2D eigenvalue weighted by Crippen LogP contribution is 2.19. The Hall–Kier alpha value is -1.47. The highest BCUT2D eigenvalue weighted by molar-refractivity contribution is 5.85. The van der Waals surface area contributed by atoms with E-state index in [1.165, 1.54) is 12.1 Å². The lowest BCUT2D eigenvalue weighted by atomic mass is 10.2. The number of nitrogens with one attached hydrogen (secondary N) is 2. The van der Waals surface area contributed by atoms with Crippen LogP contribution in [0.4, 0.5) is 13.2 Å². The van der Waals surface area contributed by atoms with E-state index in [1.807, 2.05) is 0 Å². The third-order valence-corrected chi connectivity index (χ3v) is 2.39. The normalized spacial score (nSPS) is 10.7. The molecule has 1 aromatic carbocycles. The molecule has 8 heteroatoms. The number of hydrogen-bond donors (Lipinski definition) is 2. The molecule has 0 atom stereocenters. The van der Waals surface area contributed by atoms with Crippen LogP contribution in [0.25, 0.3) is 0 Å². The van der Waals surface area contributed by atoms with Crippen molar-refractivity contribution in [2.75, 3.05) is 20.2 Å². The Morgan fingerprint density at radius 1 is 1.33 bits per heavy atom. The zero-order chi connectivity index (χ0) is 15.0. The molecule has 0 saturated carbocycles. The molecule has 0 saturated heterocycles. The van der Waals surface area contributed by atoms with Crippen molar-refractivity contribution in [3.8, 4) is 5.75 Å². The van der Waals surface area contributed by atoms with Gasteiger partial charge < -0.3 is 15.4 Å². The zero-order valence-corrected chi connectivity index (χ0v) is 12.3. The topological polar surface area (TPSA) is 50.4 Å². The van der Waals surface area contributed by atoms with Crippen LogP contribution in [0.2, 0.25) is 0 Å². The number of carbonyl (C=O) groups is 1. The first-order valence-corrected chi connectivity index (χ1v) is 6.10. The molecule has 0 radical (unpaired) electrons. The minimum Gasteiger partial charge on any atom is -0.484 e. The van der Waals surface area contributed by atoms with Crippen molar-refractivity contribution in [1.29, 1.82) is 0 Å². The van der Waals surface area contributed by atoms with Crippen molar-refractivity contribution in [2.45, 2.75) is 19.1 Å².